The van der Waals surface area contributed by atoms with E-state index in [0.29, 0.717) is 5.89 Å². The minimum absolute atomic E-state index is 0.0435. The third-order valence-electron chi connectivity index (χ3n) is 3.31. The van der Waals surface area contributed by atoms with Gasteiger partial charge >= 0.3 is 0 Å². The second-order valence-corrected chi connectivity index (χ2v) is 7.53. The van der Waals surface area contributed by atoms with E-state index in [4.69, 9.17) is 10.2 Å². The summed E-state index contributed by atoms with van der Waals surface area (Å²) in [4.78, 5) is 9.66. The first kappa shape index (κ1) is 16.3. The molecule has 1 aromatic carbocycles. The van der Waals surface area contributed by atoms with E-state index in [9.17, 15) is 0 Å². The molecule has 3 N–H and O–H groups in total. The zero-order valence-corrected chi connectivity index (χ0v) is 14.7. The molecular formula is C18H20N4OS. The van der Waals surface area contributed by atoms with Gasteiger partial charge in [0, 0.05) is 33.9 Å². The Hall–Kier alpha value is -2.60. The minimum atomic E-state index is -0.0435. The van der Waals surface area contributed by atoms with Crippen LogP contribution in [0.4, 0.5) is 16.5 Å². The van der Waals surface area contributed by atoms with Crippen molar-refractivity contribution in [1.82, 2.24) is 9.97 Å². The molecule has 0 fully saturated rings. The van der Waals surface area contributed by atoms with Crippen molar-refractivity contribution in [3.05, 3.63) is 53.2 Å². The molecule has 0 aliphatic carbocycles. The first-order chi connectivity index (χ1) is 11.4. The molecular weight excluding hydrogens is 320 g/mol. The Morgan fingerprint density at radius 2 is 2.00 bits per heavy atom. The van der Waals surface area contributed by atoms with Crippen LogP contribution in [-0.2, 0) is 5.41 Å². The van der Waals surface area contributed by atoms with Crippen molar-refractivity contribution >= 4 is 40.0 Å². The van der Waals surface area contributed by atoms with Gasteiger partial charge < -0.3 is 15.5 Å². The summed E-state index contributed by atoms with van der Waals surface area (Å²) in [5, 5.41) is 4.05. The molecule has 124 valence electrons. The van der Waals surface area contributed by atoms with Gasteiger partial charge in [-0.15, -0.1) is 0 Å². The molecule has 6 heteroatoms. The largest absolute Gasteiger partial charge is 0.441 e. The number of hydrogen-bond donors (Lipinski definition) is 2. The van der Waals surface area contributed by atoms with Gasteiger partial charge in [0.05, 0.1) is 6.20 Å². The van der Waals surface area contributed by atoms with Crippen molar-refractivity contribution in [1.29, 1.82) is 0 Å². The van der Waals surface area contributed by atoms with Gasteiger partial charge in [0.15, 0.2) is 5.13 Å². The normalized spacial score (nSPS) is 12.0. The van der Waals surface area contributed by atoms with Gasteiger partial charge in [-0.2, -0.15) is 0 Å². The summed E-state index contributed by atoms with van der Waals surface area (Å²) in [6, 6.07) is 7.58. The second kappa shape index (κ2) is 6.49. The summed E-state index contributed by atoms with van der Waals surface area (Å²) in [6.45, 7) is 6.29. The zero-order valence-electron chi connectivity index (χ0n) is 13.9. The van der Waals surface area contributed by atoms with Crippen LogP contribution in [0.1, 0.15) is 37.3 Å². The Balaban J connectivity index is 1.68. The standard InChI is InChI=1S/C18H20N4OS/c1-18(2,3)15-11-20-16(23-15)8-7-14-10-21-17(24-14)22-13-6-4-5-12(19)9-13/h4-11H,19H2,1-3H3,(H,21,22). The van der Waals surface area contributed by atoms with Crippen molar-refractivity contribution in [2.45, 2.75) is 26.2 Å². The maximum absolute atomic E-state index is 5.78. The molecule has 24 heavy (non-hydrogen) atoms. The number of anilines is 3. The lowest BCUT2D eigenvalue weighted by molar-refractivity contribution is 0.403. The zero-order chi connectivity index (χ0) is 17.2. The Morgan fingerprint density at radius 1 is 1.17 bits per heavy atom. The number of oxazole rings is 1. The SMILES string of the molecule is CC(C)(C)c1cnc(C=Cc2cnc(Nc3cccc(N)c3)s2)o1. The molecule has 0 unspecified atom stereocenters. The summed E-state index contributed by atoms with van der Waals surface area (Å²) in [6.07, 6.45) is 7.38. The third-order valence-corrected chi connectivity index (χ3v) is 4.19. The number of nitrogen functional groups attached to an aromatic ring is 1. The predicted molar refractivity (Wildman–Crippen MR) is 100 cm³/mol. The van der Waals surface area contributed by atoms with Crippen molar-refractivity contribution in [3.63, 3.8) is 0 Å². The number of hydrogen-bond acceptors (Lipinski definition) is 6. The van der Waals surface area contributed by atoms with Crippen LogP contribution in [0, 0.1) is 0 Å². The Morgan fingerprint density at radius 3 is 2.71 bits per heavy atom. The van der Waals surface area contributed by atoms with Crippen molar-refractivity contribution in [2.75, 3.05) is 11.1 Å². The number of thiazole rings is 1. The number of nitrogens with zero attached hydrogens (tertiary/aromatic N) is 2. The van der Waals surface area contributed by atoms with E-state index in [0.717, 1.165) is 27.1 Å². The van der Waals surface area contributed by atoms with E-state index in [-0.39, 0.29) is 5.41 Å². The Labute approximate surface area is 145 Å². The van der Waals surface area contributed by atoms with Gasteiger partial charge in [0.1, 0.15) is 5.76 Å². The number of nitrogens with two attached hydrogens (primary N) is 1. The molecule has 0 atom stereocenters. The summed E-state index contributed by atoms with van der Waals surface area (Å²) in [5.41, 5.74) is 7.37. The van der Waals surface area contributed by atoms with Crippen LogP contribution < -0.4 is 11.1 Å². The fourth-order valence-electron chi connectivity index (χ4n) is 2.03. The van der Waals surface area contributed by atoms with Gasteiger partial charge in [-0.25, -0.2) is 9.97 Å². The molecule has 0 spiro atoms. The smallest absolute Gasteiger partial charge is 0.218 e. The molecule has 0 saturated heterocycles. The molecule has 0 saturated carbocycles. The van der Waals surface area contributed by atoms with Crippen molar-refractivity contribution < 1.29 is 4.42 Å². The Bertz CT molecular complexity index is 858. The van der Waals surface area contributed by atoms with Gasteiger partial charge in [-0.05, 0) is 24.3 Å². The van der Waals surface area contributed by atoms with Gasteiger partial charge in [0.25, 0.3) is 0 Å². The quantitative estimate of drug-likeness (QED) is 0.659. The third kappa shape index (κ3) is 4.02. The molecule has 0 bridgehead atoms. The highest BCUT2D eigenvalue weighted by Gasteiger charge is 2.18. The molecule has 0 amide bonds. The van der Waals surface area contributed by atoms with Crippen LogP contribution in [-0.4, -0.2) is 9.97 Å². The monoisotopic (exact) mass is 340 g/mol. The second-order valence-electron chi connectivity index (χ2n) is 6.46. The minimum Gasteiger partial charge on any atom is -0.441 e. The molecule has 0 aliphatic heterocycles. The van der Waals surface area contributed by atoms with E-state index in [2.05, 4.69) is 36.1 Å². The van der Waals surface area contributed by atoms with Crippen molar-refractivity contribution in [2.24, 2.45) is 0 Å². The molecule has 5 nitrogen and oxygen atoms in total. The van der Waals surface area contributed by atoms with E-state index in [1.165, 1.54) is 0 Å². The summed E-state index contributed by atoms with van der Waals surface area (Å²) >= 11 is 1.55. The molecule has 2 aromatic heterocycles. The number of benzene rings is 1. The average molecular weight is 340 g/mol. The maximum Gasteiger partial charge on any atom is 0.218 e. The average Bonchev–Trinajstić information content (AvgIpc) is 3.13. The van der Waals surface area contributed by atoms with Crippen LogP contribution in [0.15, 0.2) is 41.1 Å². The van der Waals surface area contributed by atoms with Gasteiger partial charge in [-0.1, -0.05) is 38.2 Å². The van der Waals surface area contributed by atoms with Crippen LogP contribution in [0.25, 0.3) is 12.2 Å². The van der Waals surface area contributed by atoms with E-state index in [1.807, 2.05) is 42.6 Å². The first-order valence-corrected chi connectivity index (χ1v) is 8.44. The molecule has 3 aromatic rings. The lowest BCUT2D eigenvalue weighted by Gasteiger charge is -2.12. The summed E-state index contributed by atoms with van der Waals surface area (Å²) in [5.74, 6) is 1.47. The number of rotatable bonds is 4. The fourth-order valence-corrected chi connectivity index (χ4v) is 2.77. The topological polar surface area (TPSA) is 77.0 Å². The van der Waals surface area contributed by atoms with E-state index >= 15 is 0 Å². The van der Waals surface area contributed by atoms with Crippen LogP contribution in [0.2, 0.25) is 0 Å². The highest BCUT2D eigenvalue weighted by Crippen LogP contribution is 2.26. The molecule has 0 aliphatic rings. The lowest BCUT2D eigenvalue weighted by atomic mass is 9.94. The molecule has 0 radical (unpaired) electrons. The van der Waals surface area contributed by atoms with Crippen LogP contribution in [0.3, 0.4) is 0 Å². The fraction of sp³-hybridized carbons (Fsp3) is 0.222. The molecule has 3 rings (SSSR count). The van der Waals surface area contributed by atoms with E-state index in [1.54, 1.807) is 17.5 Å². The van der Waals surface area contributed by atoms with Crippen LogP contribution >= 0.6 is 11.3 Å². The lowest BCUT2D eigenvalue weighted by Crippen LogP contribution is -2.09. The number of nitrogens with one attached hydrogen (secondary N) is 1. The van der Waals surface area contributed by atoms with Gasteiger partial charge in [0.2, 0.25) is 5.89 Å². The number of aromatic nitrogens is 2. The highest BCUT2D eigenvalue weighted by molar-refractivity contribution is 7.16. The van der Waals surface area contributed by atoms with Crippen LogP contribution in [0.5, 0.6) is 0 Å². The van der Waals surface area contributed by atoms with Gasteiger partial charge in [-0.3, -0.25) is 0 Å². The summed E-state index contributed by atoms with van der Waals surface area (Å²) in [7, 11) is 0. The predicted octanol–water partition coefficient (Wildman–Crippen LogP) is 4.92. The van der Waals surface area contributed by atoms with E-state index < -0.39 is 0 Å². The first-order valence-electron chi connectivity index (χ1n) is 7.63. The molecule has 2 heterocycles. The Kier molecular flexibility index (Phi) is 4.40. The maximum atomic E-state index is 5.78. The highest BCUT2D eigenvalue weighted by atomic mass is 32.1. The van der Waals surface area contributed by atoms with Crippen molar-refractivity contribution in [3.8, 4) is 0 Å². The summed E-state index contributed by atoms with van der Waals surface area (Å²) < 4.78 is 5.74.